The Labute approximate surface area is 85.5 Å². The SMILES string of the molecule is CC(C)(C)OP(=O)(CF)OC(C)(C)C. The second-order valence-corrected chi connectivity index (χ2v) is 6.96. The minimum atomic E-state index is -3.61. The van der Waals surface area contributed by atoms with E-state index in [1.54, 1.807) is 41.5 Å². The molecule has 0 aromatic rings. The van der Waals surface area contributed by atoms with Crippen LogP contribution in [0.5, 0.6) is 0 Å². The summed E-state index contributed by atoms with van der Waals surface area (Å²) in [6.07, 6.45) is -1.10. The molecule has 5 heteroatoms. The van der Waals surface area contributed by atoms with E-state index in [1.165, 1.54) is 0 Å². The van der Waals surface area contributed by atoms with Gasteiger partial charge in [-0.2, -0.15) is 0 Å². The molecule has 0 fully saturated rings. The predicted octanol–water partition coefficient (Wildman–Crippen LogP) is 3.74. The summed E-state index contributed by atoms with van der Waals surface area (Å²) in [4.78, 5) is 0. The maximum absolute atomic E-state index is 12.6. The smallest absolute Gasteiger partial charge is 0.301 e. The van der Waals surface area contributed by atoms with Crippen molar-refractivity contribution in [3.05, 3.63) is 0 Å². The molecule has 86 valence electrons. The molecule has 0 spiro atoms. The summed E-state index contributed by atoms with van der Waals surface area (Å²) in [7, 11) is -3.61. The van der Waals surface area contributed by atoms with Gasteiger partial charge in [0.25, 0.3) is 0 Å². The third-order valence-corrected chi connectivity index (χ3v) is 2.92. The van der Waals surface area contributed by atoms with Gasteiger partial charge in [0.15, 0.2) is 6.42 Å². The quantitative estimate of drug-likeness (QED) is 0.688. The van der Waals surface area contributed by atoms with Crippen LogP contribution in [0, 0.1) is 0 Å². The predicted molar refractivity (Wildman–Crippen MR) is 55.3 cm³/mol. The van der Waals surface area contributed by atoms with E-state index in [-0.39, 0.29) is 0 Å². The second kappa shape index (κ2) is 4.30. The summed E-state index contributed by atoms with van der Waals surface area (Å²) in [6, 6.07) is 0. The highest BCUT2D eigenvalue weighted by atomic mass is 31.2. The van der Waals surface area contributed by atoms with Crippen molar-refractivity contribution >= 4 is 7.60 Å². The van der Waals surface area contributed by atoms with Crippen molar-refractivity contribution in [2.45, 2.75) is 52.7 Å². The maximum atomic E-state index is 12.6. The van der Waals surface area contributed by atoms with Crippen molar-refractivity contribution in [3.8, 4) is 0 Å². The van der Waals surface area contributed by atoms with E-state index in [2.05, 4.69) is 0 Å². The average Bonchev–Trinajstić information content (AvgIpc) is 1.78. The number of hydrogen-bond acceptors (Lipinski definition) is 3. The van der Waals surface area contributed by atoms with Gasteiger partial charge in [0.1, 0.15) is 0 Å². The largest absolute Gasteiger partial charge is 0.362 e. The summed E-state index contributed by atoms with van der Waals surface area (Å²) in [5.41, 5.74) is -1.35. The Hall–Kier alpha value is 0.0800. The van der Waals surface area contributed by atoms with Gasteiger partial charge < -0.3 is 9.05 Å². The third-order valence-electron chi connectivity index (χ3n) is 0.972. The van der Waals surface area contributed by atoms with Gasteiger partial charge in [-0.15, -0.1) is 0 Å². The van der Waals surface area contributed by atoms with Gasteiger partial charge in [0, 0.05) is 0 Å². The van der Waals surface area contributed by atoms with Crippen molar-refractivity contribution in [1.29, 1.82) is 0 Å². The van der Waals surface area contributed by atoms with Crippen LogP contribution >= 0.6 is 7.60 Å². The summed E-state index contributed by atoms with van der Waals surface area (Å²) >= 11 is 0. The van der Waals surface area contributed by atoms with Crippen LogP contribution in [0.2, 0.25) is 0 Å². The molecule has 0 radical (unpaired) electrons. The monoisotopic (exact) mass is 226 g/mol. The van der Waals surface area contributed by atoms with Crippen molar-refractivity contribution in [1.82, 2.24) is 0 Å². The van der Waals surface area contributed by atoms with Gasteiger partial charge in [0.2, 0.25) is 0 Å². The topological polar surface area (TPSA) is 35.5 Å². The van der Waals surface area contributed by atoms with Gasteiger partial charge in [0.05, 0.1) is 11.2 Å². The van der Waals surface area contributed by atoms with Crippen LogP contribution in [0.25, 0.3) is 0 Å². The number of hydrogen-bond donors (Lipinski definition) is 0. The molecule has 3 nitrogen and oxygen atoms in total. The molecule has 0 saturated carbocycles. The fraction of sp³-hybridized carbons (Fsp3) is 1.00. The molecule has 0 bridgehead atoms. The van der Waals surface area contributed by atoms with E-state index in [4.69, 9.17) is 9.05 Å². The van der Waals surface area contributed by atoms with Crippen LogP contribution in [0.4, 0.5) is 4.39 Å². The van der Waals surface area contributed by atoms with Gasteiger partial charge >= 0.3 is 7.60 Å². The Morgan fingerprint density at radius 1 is 1.00 bits per heavy atom. The fourth-order valence-corrected chi connectivity index (χ4v) is 2.71. The Kier molecular flexibility index (Phi) is 4.32. The minimum Gasteiger partial charge on any atom is -0.301 e. The molecule has 0 atom stereocenters. The average molecular weight is 226 g/mol. The molecule has 0 aliphatic carbocycles. The van der Waals surface area contributed by atoms with Crippen LogP contribution in [-0.2, 0) is 13.6 Å². The Balaban J connectivity index is 4.59. The van der Waals surface area contributed by atoms with Gasteiger partial charge in [-0.3, -0.25) is 4.57 Å². The molecule has 0 aliphatic heterocycles. The van der Waals surface area contributed by atoms with E-state index in [0.29, 0.717) is 0 Å². The van der Waals surface area contributed by atoms with Crippen LogP contribution in [-0.4, -0.2) is 17.6 Å². The zero-order valence-electron chi connectivity index (χ0n) is 9.76. The van der Waals surface area contributed by atoms with Crippen molar-refractivity contribution < 1.29 is 18.0 Å². The molecule has 0 aliphatic rings. The van der Waals surface area contributed by atoms with Crippen molar-refractivity contribution in [3.63, 3.8) is 0 Å². The highest BCUT2D eigenvalue weighted by Gasteiger charge is 2.35. The summed E-state index contributed by atoms with van der Waals surface area (Å²) in [6.45, 7) is 10.3. The van der Waals surface area contributed by atoms with Crippen LogP contribution < -0.4 is 0 Å². The molecular weight excluding hydrogens is 206 g/mol. The summed E-state index contributed by atoms with van der Waals surface area (Å²) < 4.78 is 34.6. The van der Waals surface area contributed by atoms with Gasteiger partial charge in [-0.1, -0.05) is 0 Å². The van der Waals surface area contributed by atoms with Crippen molar-refractivity contribution in [2.24, 2.45) is 0 Å². The zero-order chi connectivity index (χ0) is 11.6. The molecule has 0 aromatic heterocycles. The first kappa shape index (κ1) is 14.1. The molecular formula is C9H20FO3P. The molecule has 0 amide bonds. The molecule has 0 rings (SSSR count). The first-order valence-electron chi connectivity index (χ1n) is 4.54. The van der Waals surface area contributed by atoms with E-state index >= 15 is 0 Å². The van der Waals surface area contributed by atoms with Crippen LogP contribution in [0.1, 0.15) is 41.5 Å². The third kappa shape index (κ3) is 6.52. The van der Waals surface area contributed by atoms with Crippen LogP contribution in [0.15, 0.2) is 0 Å². The highest BCUT2D eigenvalue weighted by molar-refractivity contribution is 7.53. The normalized spacial score (nSPS) is 14.5. The summed E-state index contributed by atoms with van der Waals surface area (Å²) in [5.74, 6) is 0. The second-order valence-electron chi connectivity index (χ2n) is 5.14. The standard InChI is InChI=1S/C9H20FO3P/c1-8(2,3)12-14(11,7-10)13-9(4,5)6/h7H2,1-6H3. The van der Waals surface area contributed by atoms with E-state index in [1.807, 2.05) is 0 Å². The summed E-state index contributed by atoms with van der Waals surface area (Å²) in [5, 5.41) is 0. The van der Waals surface area contributed by atoms with E-state index in [9.17, 15) is 8.96 Å². The lowest BCUT2D eigenvalue weighted by Crippen LogP contribution is -2.24. The lowest BCUT2D eigenvalue weighted by atomic mass is 10.2. The molecule has 0 saturated heterocycles. The Morgan fingerprint density at radius 3 is 1.43 bits per heavy atom. The van der Waals surface area contributed by atoms with Gasteiger partial charge in [-0.25, -0.2) is 4.39 Å². The first-order valence-corrected chi connectivity index (χ1v) is 6.27. The lowest BCUT2D eigenvalue weighted by Gasteiger charge is -2.30. The molecule has 0 aromatic carbocycles. The van der Waals surface area contributed by atoms with E-state index in [0.717, 1.165) is 0 Å². The molecule has 0 heterocycles. The number of alkyl halides is 1. The molecule has 0 unspecified atom stereocenters. The Morgan fingerprint density at radius 2 is 1.29 bits per heavy atom. The zero-order valence-corrected chi connectivity index (χ0v) is 10.7. The van der Waals surface area contributed by atoms with Crippen LogP contribution in [0.3, 0.4) is 0 Å². The molecule has 0 N–H and O–H groups in total. The first-order chi connectivity index (χ1) is 5.97. The number of rotatable bonds is 3. The van der Waals surface area contributed by atoms with Crippen molar-refractivity contribution in [2.75, 3.05) is 6.42 Å². The minimum absolute atomic E-state index is 0.674. The Bertz CT molecular complexity index is 207. The maximum Gasteiger partial charge on any atom is 0.362 e. The van der Waals surface area contributed by atoms with Gasteiger partial charge in [-0.05, 0) is 41.5 Å². The lowest BCUT2D eigenvalue weighted by molar-refractivity contribution is 0.0452. The highest BCUT2D eigenvalue weighted by Crippen LogP contribution is 2.54. The van der Waals surface area contributed by atoms with E-state index < -0.39 is 25.2 Å². The number of halogens is 1. The fourth-order valence-electron chi connectivity index (χ4n) is 0.902. The molecule has 14 heavy (non-hydrogen) atoms.